The van der Waals surface area contributed by atoms with Crippen LogP contribution >= 0.6 is 0 Å². The van der Waals surface area contributed by atoms with E-state index in [9.17, 15) is 22.8 Å². The van der Waals surface area contributed by atoms with Crippen LogP contribution < -0.4 is 5.56 Å². The molecule has 1 aliphatic rings. The number of carbonyl (C=O) groups is 1. The van der Waals surface area contributed by atoms with Crippen molar-refractivity contribution in [3.63, 3.8) is 0 Å². The Morgan fingerprint density at radius 2 is 1.80 bits per heavy atom. The Morgan fingerprint density at radius 3 is 2.53 bits per heavy atom. The molecule has 3 heterocycles. The number of amides is 1. The van der Waals surface area contributed by atoms with Gasteiger partial charge in [-0.15, -0.1) is 0 Å². The van der Waals surface area contributed by atoms with Crippen molar-refractivity contribution in [3.8, 4) is 0 Å². The van der Waals surface area contributed by atoms with Gasteiger partial charge in [-0.05, 0) is 23.8 Å². The second kappa shape index (κ2) is 7.91. The summed E-state index contributed by atoms with van der Waals surface area (Å²) in [5.41, 5.74) is -0.0494. The fourth-order valence-electron chi connectivity index (χ4n) is 3.56. The molecule has 1 aromatic carbocycles. The summed E-state index contributed by atoms with van der Waals surface area (Å²) in [7, 11) is 0. The van der Waals surface area contributed by atoms with Crippen molar-refractivity contribution in [1.29, 1.82) is 0 Å². The summed E-state index contributed by atoms with van der Waals surface area (Å²) in [6, 6.07) is 10.4. The van der Waals surface area contributed by atoms with Gasteiger partial charge < -0.3 is 4.90 Å². The topological polar surface area (TPSA) is 57.9 Å². The Bertz CT molecular complexity index is 1130. The fourth-order valence-corrected chi connectivity index (χ4v) is 3.56. The number of hydrogen-bond acceptors (Lipinski definition) is 4. The van der Waals surface area contributed by atoms with E-state index in [1.165, 1.54) is 16.7 Å². The van der Waals surface area contributed by atoms with Gasteiger partial charge in [0.15, 0.2) is 0 Å². The first kappa shape index (κ1) is 20.1. The quantitative estimate of drug-likeness (QED) is 0.659. The highest BCUT2D eigenvalue weighted by molar-refractivity contribution is 5.93. The molecule has 0 N–H and O–H groups in total. The molecule has 0 bridgehead atoms. The molecule has 4 rings (SSSR count). The van der Waals surface area contributed by atoms with Crippen LogP contribution in [0.4, 0.5) is 13.2 Å². The molecule has 0 radical (unpaired) electrons. The minimum absolute atomic E-state index is 0.00466. The Labute approximate surface area is 170 Å². The Kier molecular flexibility index (Phi) is 5.29. The molecule has 3 aromatic rings. The van der Waals surface area contributed by atoms with Crippen LogP contribution in [-0.4, -0.2) is 51.3 Å². The van der Waals surface area contributed by atoms with E-state index in [4.69, 9.17) is 0 Å². The first-order valence-corrected chi connectivity index (χ1v) is 9.47. The van der Waals surface area contributed by atoms with Crippen molar-refractivity contribution >= 4 is 11.6 Å². The van der Waals surface area contributed by atoms with Crippen molar-refractivity contribution < 1.29 is 18.0 Å². The van der Waals surface area contributed by atoms with Crippen molar-refractivity contribution in [3.05, 3.63) is 81.9 Å². The molecule has 156 valence electrons. The van der Waals surface area contributed by atoms with E-state index < -0.39 is 17.3 Å². The molecule has 0 aliphatic carbocycles. The maximum absolute atomic E-state index is 12.9. The summed E-state index contributed by atoms with van der Waals surface area (Å²) in [5, 5.41) is 0. The lowest BCUT2D eigenvalue weighted by Gasteiger charge is -2.34. The average molecular weight is 416 g/mol. The number of benzene rings is 1. The van der Waals surface area contributed by atoms with Crippen LogP contribution in [0, 0.1) is 0 Å². The molecule has 30 heavy (non-hydrogen) atoms. The Morgan fingerprint density at radius 1 is 1.03 bits per heavy atom. The molecule has 1 saturated heterocycles. The zero-order valence-corrected chi connectivity index (χ0v) is 16.0. The van der Waals surface area contributed by atoms with E-state index in [1.807, 2.05) is 4.90 Å². The Balaban J connectivity index is 1.42. The Hall–Kier alpha value is -3.20. The number of fused-ring (bicyclic) bond motifs is 1. The summed E-state index contributed by atoms with van der Waals surface area (Å²) in [6.45, 7) is 2.14. The predicted molar refractivity (Wildman–Crippen MR) is 104 cm³/mol. The normalized spacial score (nSPS) is 15.5. The smallest absolute Gasteiger partial charge is 0.336 e. The van der Waals surface area contributed by atoms with Gasteiger partial charge in [-0.2, -0.15) is 13.2 Å². The second-order valence-electron chi connectivity index (χ2n) is 7.17. The number of nitrogens with zero attached hydrogens (tertiary/aromatic N) is 4. The maximum atomic E-state index is 12.9. The van der Waals surface area contributed by atoms with Crippen LogP contribution in [0.25, 0.3) is 5.65 Å². The van der Waals surface area contributed by atoms with Gasteiger partial charge in [0.1, 0.15) is 11.2 Å². The van der Waals surface area contributed by atoms with Gasteiger partial charge in [0.05, 0.1) is 5.56 Å². The molecule has 0 atom stereocenters. The molecule has 1 amide bonds. The molecular weight excluding hydrogens is 397 g/mol. The minimum Gasteiger partial charge on any atom is -0.336 e. The molecule has 1 aliphatic heterocycles. The zero-order valence-electron chi connectivity index (χ0n) is 16.0. The maximum Gasteiger partial charge on any atom is 0.416 e. The van der Waals surface area contributed by atoms with E-state index in [-0.39, 0.29) is 11.5 Å². The van der Waals surface area contributed by atoms with Crippen LogP contribution in [-0.2, 0) is 12.7 Å². The SMILES string of the molecule is O=C(c1cnc2ccccn2c1=O)N1CCN(Cc2cccc(C(F)(F)F)c2)CC1. The number of alkyl halides is 3. The molecular formula is C21H19F3N4O2. The van der Waals surface area contributed by atoms with Crippen LogP contribution in [0.1, 0.15) is 21.5 Å². The molecule has 1 fully saturated rings. The zero-order chi connectivity index (χ0) is 21.3. The predicted octanol–water partition coefficient (Wildman–Crippen LogP) is 2.67. The second-order valence-corrected chi connectivity index (χ2v) is 7.17. The summed E-state index contributed by atoms with van der Waals surface area (Å²) in [5.74, 6) is -0.385. The summed E-state index contributed by atoms with van der Waals surface area (Å²) < 4.78 is 40.0. The number of rotatable bonds is 3. The standard InChI is InChI=1S/C21H19F3N4O2/c22-21(23,24)16-5-3-4-15(12-16)14-26-8-10-27(11-9-26)19(29)17-13-25-18-6-1-2-7-28(18)20(17)30/h1-7,12-13H,8-11,14H2. The van der Waals surface area contributed by atoms with Crippen molar-refractivity contribution in [1.82, 2.24) is 19.2 Å². The van der Waals surface area contributed by atoms with Gasteiger partial charge in [-0.1, -0.05) is 24.3 Å². The highest BCUT2D eigenvalue weighted by Crippen LogP contribution is 2.29. The van der Waals surface area contributed by atoms with Gasteiger partial charge in [0.25, 0.3) is 11.5 Å². The lowest BCUT2D eigenvalue weighted by Crippen LogP contribution is -2.49. The largest absolute Gasteiger partial charge is 0.416 e. The lowest BCUT2D eigenvalue weighted by molar-refractivity contribution is -0.137. The van der Waals surface area contributed by atoms with Crippen molar-refractivity contribution in [2.45, 2.75) is 12.7 Å². The number of piperazine rings is 1. The number of hydrogen-bond donors (Lipinski definition) is 0. The van der Waals surface area contributed by atoms with Crippen LogP contribution in [0.3, 0.4) is 0 Å². The summed E-state index contributed by atoms with van der Waals surface area (Å²) in [4.78, 5) is 33.2. The van der Waals surface area contributed by atoms with E-state index in [2.05, 4.69) is 4.98 Å². The van der Waals surface area contributed by atoms with Crippen LogP contribution in [0.15, 0.2) is 59.7 Å². The monoisotopic (exact) mass is 416 g/mol. The number of pyridine rings is 1. The summed E-state index contributed by atoms with van der Waals surface area (Å²) >= 11 is 0. The van der Waals surface area contributed by atoms with Gasteiger partial charge in [-0.3, -0.25) is 18.9 Å². The highest BCUT2D eigenvalue weighted by Gasteiger charge is 2.30. The van der Waals surface area contributed by atoms with E-state index in [0.29, 0.717) is 43.9 Å². The third kappa shape index (κ3) is 4.06. The molecule has 0 spiro atoms. The molecule has 6 nitrogen and oxygen atoms in total. The van der Waals surface area contributed by atoms with Gasteiger partial charge >= 0.3 is 6.18 Å². The van der Waals surface area contributed by atoms with E-state index in [1.54, 1.807) is 35.4 Å². The van der Waals surface area contributed by atoms with Gasteiger partial charge in [0, 0.05) is 45.1 Å². The van der Waals surface area contributed by atoms with Gasteiger partial charge in [0.2, 0.25) is 0 Å². The van der Waals surface area contributed by atoms with Crippen molar-refractivity contribution in [2.75, 3.05) is 26.2 Å². The molecule has 0 unspecified atom stereocenters. The third-order valence-corrected chi connectivity index (χ3v) is 5.16. The average Bonchev–Trinajstić information content (AvgIpc) is 2.74. The molecule has 9 heteroatoms. The molecule has 0 saturated carbocycles. The fraction of sp³-hybridized carbons (Fsp3) is 0.286. The van der Waals surface area contributed by atoms with E-state index in [0.717, 1.165) is 12.1 Å². The first-order valence-electron chi connectivity index (χ1n) is 9.47. The third-order valence-electron chi connectivity index (χ3n) is 5.16. The van der Waals surface area contributed by atoms with Crippen LogP contribution in [0.2, 0.25) is 0 Å². The van der Waals surface area contributed by atoms with Gasteiger partial charge in [-0.25, -0.2) is 4.98 Å². The van der Waals surface area contributed by atoms with Crippen molar-refractivity contribution in [2.24, 2.45) is 0 Å². The lowest BCUT2D eigenvalue weighted by atomic mass is 10.1. The minimum atomic E-state index is -4.37. The van der Waals surface area contributed by atoms with Crippen LogP contribution in [0.5, 0.6) is 0 Å². The van der Waals surface area contributed by atoms with E-state index >= 15 is 0 Å². The first-order chi connectivity index (χ1) is 14.3. The number of aromatic nitrogens is 2. The number of carbonyl (C=O) groups excluding carboxylic acids is 1. The summed E-state index contributed by atoms with van der Waals surface area (Å²) in [6.07, 6.45) is -1.51. The number of halogens is 3. The molecule has 2 aromatic heterocycles. The highest BCUT2D eigenvalue weighted by atomic mass is 19.4.